The molecule has 1 aliphatic rings. The average Bonchev–Trinajstić information content (AvgIpc) is 2.73. The molecule has 1 fully saturated rings. The van der Waals surface area contributed by atoms with Crippen LogP contribution in [-0.4, -0.2) is 73.7 Å². The summed E-state index contributed by atoms with van der Waals surface area (Å²) >= 11 is 0. The molecule has 2 rings (SSSR count). The van der Waals surface area contributed by atoms with Gasteiger partial charge < -0.3 is 23.7 Å². The van der Waals surface area contributed by atoms with Crippen LogP contribution in [0.3, 0.4) is 0 Å². The first-order chi connectivity index (χ1) is 16.2. The smallest absolute Gasteiger partial charge is 0.304 e. The van der Waals surface area contributed by atoms with E-state index in [4.69, 9.17) is 23.7 Å². The van der Waals surface area contributed by atoms with Crippen molar-refractivity contribution in [2.75, 3.05) is 6.61 Å². The topological polar surface area (TPSA) is 192 Å². The number of hydrogen-bond acceptors (Lipinski definition) is 13. The zero-order valence-electron chi connectivity index (χ0n) is 19.1. The number of carbonyl (C=O) groups is 4. The molecular formula is C20H23NO13S. The number of nitrogens with zero attached hydrogens (tertiary/aromatic N) is 1. The second kappa shape index (κ2) is 11.2. The summed E-state index contributed by atoms with van der Waals surface area (Å²) in [5, 5.41) is 8.98. The first-order valence-electron chi connectivity index (χ1n) is 10.0. The fourth-order valence-electron chi connectivity index (χ4n) is 3.37. The third-order valence-electron chi connectivity index (χ3n) is 4.66. The number of nitro benzene ring substituents is 1. The third-order valence-corrected chi connectivity index (χ3v) is 6.80. The maximum absolute atomic E-state index is 13.6. The molecule has 0 N–H and O–H groups in total. The number of non-ortho nitro benzene ring substituents is 1. The van der Waals surface area contributed by atoms with Gasteiger partial charge in [-0.05, 0) is 12.1 Å². The second-order valence-corrected chi connectivity index (χ2v) is 9.47. The van der Waals surface area contributed by atoms with Gasteiger partial charge in [-0.25, -0.2) is 8.42 Å². The molecule has 0 saturated carbocycles. The Bertz CT molecular complexity index is 1100. The van der Waals surface area contributed by atoms with Crippen LogP contribution in [0.5, 0.6) is 0 Å². The summed E-state index contributed by atoms with van der Waals surface area (Å²) in [6.07, 6.45) is -6.67. The molecule has 1 saturated heterocycles. The molecule has 1 aromatic carbocycles. The van der Waals surface area contributed by atoms with E-state index in [0.29, 0.717) is 0 Å². The first-order valence-corrected chi connectivity index (χ1v) is 11.6. The van der Waals surface area contributed by atoms with Crippen molar-refractivity contribution < 1.29 is 56.2 Å². The van der Waals surface area contributed by atoms with Crippen LogP contribution in [0, 0.1) is 10.1 Å². The van der Waals surface area contributed by atoms with E-state index in [0.717, 1.165) is 52.0 Å². The molecule has 35 heavy (non-hydrogen) atoms. The van der Waals surface area contributed by atoms with Gasteiger partial charge in [-0.15, -0.1) is 0 Å². The second-order valence-electron chi connectivity index (χ2n) is 7.36. The van der Waals surface area contributed by atoms with E-state index < -0.39 is 85.7 Å². The lowest BCUT2D eigenvalue weighted by Crippen LogP contribution is -2.64. The average molecular weight is 517 g/mol. The van der Waals surface area contributed by atoms with Crippen molar-refractivity contribution in [3.05, 3.63) is 34.4 Å². The van der Waals surface area contributed by atoms with Gasteiger partial charge in [0.05, 0.1) is 9.82 Å². The molecule has 0 radical (unpaired) electrons. The highest BCUT2D eigenvalue weighted by atomic mass is 32.2. The Morgan fingerprint density at radius 2 is 1.40 bits per heavy atom. The fraction of sp³-hybridized carbons (Fsp3) is 0.500. The number of sulfone groups is 1. The first kappa shape index (κ1) is 27.7. The summed E-state index contributed by atoms with van der Waals surface area (Å²) in [7, 11) is -4.62. The molecule has 0 aliphatic carbocycles. The molecule has 1 heterocycles. The van der Waals surface area contributed by atoms with Gasteiger partial charge in [0.1, 0.15) is 12.7 Å². The number of nitro groups is 1. The minimum absolute atomic E-state index is 0.392. The van der Waals surface area contributed by atoms with Crippen LogP contribution in [0.25, 0.3) is 0 Å². The number of ether oxygens (including phenoxy) is 5. The van der Waals surface area contributed by atoms with Gasteiger partial charge in [-0.2, -0.15) is 0 Å². The minimum atomic E-state index is -4.62. The Morgan fingerprint density at radius 1 is 0.886 bits per heavy atom. The Morgan fingerprint density at radius 3 is 1.86 bits per heavy atom. The van der Waals surface area contributed by atoms with Crippen molar-refractivity contribution in [3.63, 3.8) is 0 Å². The van der Waals surface area contributed by atoms with E-state index in [9.17, 15) is 37.7 Å². The maximum atomic E-state index is 13.6. The fourth-order valence-corrected chi connectivity index (χ4v) is 5.18. The normalized spacial score (nSPS) is 24.1. The summed E-state index contributed by atoms with van der Waals surface area (Å²) in [6.45, 7) is 3.47. The van der Waals surface area contributed by atoms with Crippen molar-refractivity contribution in [2.45, 2.75) is 62.4 Å². The molecular weight excluding hydrogens is 494 g/mol. The van der Waals surface area contributed by atoms with E-state index in [-0.39, 0.29) is 0 Å². The van der Waals surface area contributed by atoms with E-state index in [1.165, 1.54) is 0 Å². The number of esters is 4. The molecule has 0 unspecified atom stereocenters. The minimum Gasteiger partial charge on any atom is -0.463 e. The van der Waals surface area contributed by atoms with E-state index in [1.54, 1.807) is 0 Å². The summed E-state index contributed by atoms with van der Waals surface area (Å²) < 4.78 is 53.1. The lowest BCUT2D eigenvalue weighted by Gasteiger charge is -2.43. The van der Waals surface area contributed by atoms with Gasteiger partial charge in [-0.1, -0.05) is 0 Å². The predicted molar refractivity (Wildman–Crippen MR) is 112 cm³/mol. The van der Waals surface area contributed by atoms with Gasteiger partial charge >= 0.3 is 23.9 Å². The molecule has 0 spiro atoms. The number of carbonyl (C=O) groups excluding carboxylic acids is 4. The van der Waals surface area contributed by atoms with Gasteiger partial charge in [-0.3, -0.25) is 29.3 Å². The highest BCUT2D eigenvalue weighted by molar-refractivity contribution is 7.92. The van der Waals surface area contributed by atoms with Gasteiger partial charge in [0, 0.05) is 39.8 Å². The zero-order chi connectivity index (χ0) is 26.5. The van der Waals surface area contributed by atoms with Crippen LogP contribution in [0.4, 0.5) is 5.69 Å². The molecule has 1 aliphatic heterocycles. The van der Waals surface area contributed by atoms with Crippen molar-refractivity contribution >= 4 is 39.4 Å². The molecule has 0 bridgehead atoms. The molecule has 15 heteroatoms. The largest absolute Gasteiger partial charge is 0.463 e. The van der Waals surface area contributed by atoms with Crippen LogP contribution in [0.15, 0.2) is 29.2 Å². The quantitative estimate of drug-likeness (QED) is 0.200. The molecule has 0 aromatic heterocycles. The van der Waals surface area contributed by atoms with E-state index in [1.807, 2.05) is 0 Å². The Kier molecular flexibility index (Phi) is 8.87. The summed E-state index contributed by atoms with van der Waals surface area (Å²) in [5.74, 6) is -3.58. The number of benzene rings is 1. The highest BCUT2D eigenvalue weighted by Crippen LogP contribution is 2.35. The lowest BCUT2D eigenvalue weighted by atomic mass is 10.0. The Hall–Kier alpha value is -3.59. The number of hydrogen-bond donors (Lipinski definition) is 0. The van der Waals surface area contributed by atoms with E-state index >= 15 is 0 Å². The standard InChI is InChI=1S/C20H23NO13S/c1-10(22)30-9-16-17(31-11(2)23)18(32-12(3)24)19(20(34-16)33-13(4)25)35(28,29)15-7-5-14(6-8-15)21(26)27/h5-8,16-20H,9H2,1-4H3/t16-,17-,18+,19-,20+/m1/s1. The summed E-state index contributed by atoms with van der Waals surface area (Å²) in [5.41, 5.74) is -0.392. The summed E-state index contributed by atoms with van der Waals surface area (Å²) in [6, 6.07) is 3.75. The van der Waals surface area contributed by atoms with Gasteiger partial charge in [0.25, 0.3) is 5.69 Å². The van der Waals surface area contributed by atoms with Crippen LogP contribution < -0.4 is 0 Å². The van der Waals surface area contributed by atoms with Crippen molar-refractivity contribution in [1.29, 1.82) is 0 Å². The van der Waals surface area contributed by atoms with Crippen molar-refractivity contribution in [2.24, 2.45) is 0 Å². The zero-order valence-corrected chi connectivity index (χ0v) is 19.9. The monoisotopic (exact) mass is 517 g/mol. The molecule has 1 aromatic rings. The molecule has 0 amide bonds. The third kappa shape index (κ3) is 6.95. The maximum Gasteiger partial charge on any atom is 0.304 e. The molecule has 14 nitrogen and oxygen atoms in total. The Balaban J connectivity index is 2.66. The number of rotatable bonds is 8. The Labute approximate surface area is 199 Å². The van der Waals surface area contributed by atoms with Crippen LogP contribution in [0.2, 0.25) is 0 Å². The van der Waals surface area contributed by atoms with Crippen LogP contribution >= 0.6 is 0 Å². The van der Waals surface area contributed by atoms with Crippen LogP contribution in [0.1, 0.15) is 27.7 Å². The summed E-state index contributed by atoms with van der Waals surface area (Å²) in [4.78, 5) is 56.5. The van der Waals surface area contributed by atoms with Gasteiger partial charge in [0.2, 0.25) is 6.29 Å². The van der Waals surface area contributed by atoms with Gasteiger partial charge in [0.15, 0.2) is 27.3 Å². The molecule has 192 valence electrons. The lowest BCUT2D eigenvalue weighted by molar-refractivity contribution is -0.384. The highest BCUT2D eigenvalue weighted by Gasteiger charge is 2.57. The predicted octanol–water partition coefficient (Wildman–Crippen LogP) is 0.452. The van der Waals surface area contributed by atoms with Crippen LogP contribution in [-0.2, 0) is 52.7 Å². The van der Waals surface area contributed by atoms with E-state index in [2.05, 4.69) is 0 Å². The molecule has 5 atom stereocenters. The SMILES string of the molecule is CC(=O)OC[C@H]1O[C@H](OC(C)=O)[C@H](S(=O)(=O)c2ccc([N+](=O)[O-])cc2)[C@@H](OC(C)=O)[C@@H]1OC(C)=O. The van der Waals surface area contributed by atoms with Crippen molar-refractivity contribution in [1.82, 2.24) is 0 Å². The van der Waals surface area contributed by atoms with Crippen molar-refractivity contribution in [3.8, 4) is 0 Å².